The van der Waals surface area contributed by atoms with E-state index in [1.54, 1.807) is 0 Å². The summed E-state index contributed by atoms with van der Waals surface area (Å²) in [4.78, 5) is 0. The van der Waals surface area contributed by atoms with Gasteiger partial charge in [0.05, 0.1) is 0 Å². The molecule has 0 amide bonds. The molecule has 0 saturated carbocycles. The quantitative estimate of drug-likeness (QED) is 0.617. The highest BCUT2D eigenvalue weighted by atomic mass is 32.1. The van der Waals surface area contributed by atoms with Crippen LogP contribution in [0.1, 0.15) is 6.42 Å². The molecule has 11 heavy (non-hydrogen) atoms. The molecule has 0 N–H and O–H groups in total. The highest BCUT2D eigenvalue weighted by Crippen LogP contribution is 2.19. The van der Waals surface area contributed by atoms with E-state index in [0.717, 1.165) is 19.5 Å². The Morgan fingerprint density at radius 3 is 2.45 bits per heavy atom. The molecule has 0 fully saturated rings. The van der Waals surface area contributed by atoms with Gasteiger partial charge < -0.3 is 0 Å². The maximum Gasteiger partial charge on any atom is 0.0341 e. The molecule has 0 unspecified atom stereocenters. The number of allylic oxidation sites excluding steroid dienone is 1. The van der Waals surface area contributed by atoms with Gasteiger partial charge in [0.1, 0.15) is 0 Å². The van der Waals surface area contributed by atoms with Gasteiger partial charge in [-0.3, -0.25) is 0 Å². The van der Waals surface area contributed by atoms with E-state index in [2.05, 4.69) is 26.0 Å². The van der Waals surface area contributed by atoms with E-state index in [-0.39, 0.29) is 0 Å². The number of hydrogen-bond donors (Lipinski definition) is 1. The zero-order valence-electron chi connectivity index (χ0n) is 6.58. The van der Waals surface area contributed by atoms with Crippen molar-refractivity contribution in [3.05, 3.63) is 36.5 Å². The van der Waals surface area contributed by atoms with Crippen LogP contribution in [0.3, 0.4) is 0 Å². The minimum absolute atomic E-state index is 0.883. The molecule has 1 aliphatic rings. The van der Waals surface area contributed by atoms with Crippen molar-refractivity contribution in [3.63, 3.8) is 0 Å². The third-order valence-corrected chi connectivity index (χ3v) is 2.24. The molecule has 60 valence electrons. The molecule has 0 radical (unpaired) electrons. The monoisotopic (exact) mass is 167 g/mol. The van der Waals surface area contributed by atoms with Crippen LogP contribution in [-0.2, 0) is 0 Å². The van der Waals surface area contributed by atoms with Gasteiger partial charge in [-0.25, -0.2) is 4.31 Å². The minimum Gasteiger partial charge on any atom is -0.249 e. The average Bonchev–Trinajstić information content (AvgIpc) is 2.04. The first-order valence-electron chi connectivity index (χ1n) is 3.68. The molecule has 0 atom stereocenters. The van der Waals surface area contributed by atoms with Crippen LogP contribution in [0.2, 0.25) is 0 Å². The van der Waals surface area contributed by atoms with Gasteiger partial charge in [-0.15, -0.1) is 0 Å². The van der Waals surface area contributed by atoms with E-state index in [1.165, 1.54) is 11.1 Å². The molecule has 0 aliphatic carbocycles. The summed E-state index contributed by atoms with van der Waals surface area (Å²) in [6.07, 6.45) is 4.84. The predicted octanol–water partition coefficient (Wildman–Crippen LogP) is 2.21. The van der Waals surface area contributed by atoms with Crippen molar-refractivity contribution in [1.29, 1.82) is 0 Å². The molecule has 0 aromatic rings. The molecular weight excluding hydrogens is 154 g/mol. The van der Waals surface area contributed by atoms with E-state index < -0.39 is 0 Å². The van der Waals surface area contributed by atoms with Crippen LogP contribution in [0.25, 0.3) is 0 Å². The normalized spacial score (nSPS) is 20.1. The van der Waals surface area contributed by atoms with Crippen molar-refractivity contribution in [1.82, 2.24) is 4.31 Å². The standard InChI is InChI=1S/C9H13NS/c1-3-8-5-6-10(11)7-9(8)4-2/h3-4,11H,1-2,5-7H2. The highest BCUT2D eigenvalue weighted by Gasteiger charge is 2.11. The largest absolute Gasteiger partial charge is 0.249 e. The van der Waals surface area contributed by atoms with Crippen LogP contribution in [0.5, 0.6) is 0 Å². The van der Waals surface area contributed by atoms with E-state index in [1.807, 2.05) is 16.5 Å². The van der Waals surface area contributed by atoms with Crippen LogP contribution in [0, 0.1) is 0 Å². The summed E-state index contributed by atoms with van der Waals surface area (Å²) in [5.74, 6) is 0. The summed E-state index contributed by atoms with van der Waals surface area (Å²) < 4.78 is 1.99. The molecule has 1 heterocycles. The van der Waals surface area contributed by atoms with E-state index in [9.17, 15) is 0 Å². The summed E-state index contributed by atoms with van der Waals surface area (Å²) in [7, 11) is 0. The number of hydrogen-bond acceptors (Lipinski definition) is 2. The number of thiol groups is 1. The smallest absolute Gasteiger partial charge is 0.0341 e. The van der Waals surface area contributed by atoms with Gasteiger partial charge in [0.2, 0.25) is 0 Å². The first-order chi connectivity index (χ1) is 5.27. The van der Waals surface area contributed by atoms with Crippen LogP contribution in [0.4, 0.5) is 0 Å². The second kappa shape index (κ2) is 3.79. The van der Waals surface area contributed by atoms with Gasteiger partial charge in [0.25, 0.3) is 0 Å². The van der Waals surface area contributed by atoms with Crippen LogP contribution in [0.15, 0.2) is 36.5 Å². The Bertz CT molecular complexity index is 206. The second-order valence-electron chi connectivity index (χ2n) is 2.60. The maximum atomic E-state index is 4.27. The Kier molecular flexibility index (Phi) is 2.97. The first-order valence-corrected chi connectivity index (χ1v) is 4.08. The van der Waals surface area contributed by atoms with Crippen molar-refractivity contribution in [3.8, 4) is 0 Å². The minimum atomic E-state index is 0.883. The van der Waals surface area contributed by atoms with Crippen molar-refractivity contribution in [2.45, 2.75) is 6.42 Å². The summed E-state index contributed by atoms with van der Waals surface area (Å²) >= 11 is 4.27. The number of nitrogens with zero attached hydrogens (tertiary/aromatic N) is 1. The lowest BCUT2D eigenvalue weighted by molar-refractivity contribution is 0.498. The van der Waals surface area contributed by atoms with Crippen molar-refractivity contribution < 1.29 is 0 Å². The third-order valence-electron chi connectivity index (χ3n) is 1.90. The topological polar surface area (TPSA) is 3.24 Å². The molecule has 1 aliphatic heterocycles. The van der Waals surface area contributed by atoms with E-state index >= 15 is 0 Å². The number of rotatable bonds is 2. The third kappa shape index (κ3) is 1.98. The maximum absolute atomic E-state index is 4.27. The Balaban J connectivity index is 2.82. The Hall–Kier alpha value is -0.470. The zero-order chi connectivity index (χ0) is 8.27. The lowest BCUT2D eigenvalue weighted by Gasteiger charge is -2.23. The van der Waals surface area contributed by atoms with Gasteiger partial charge in [0, 0.05) is 13.1 Å². The molecule has 0 aromatic carbocycles. The van der Waals surface area contributed by atoms with Gasteiger partial charge in [-0.1, -0.05) is 38.1 Å². The summed E-state index contributed by atoms with van der Waals surface area (Å²) in [5.41, 5.74) is 2.56. The summed E-state index contributed by atoms with van der Waals surface area (Å²) in [5, 5.41) is 0. The SMILES string of the molecule is C=CC1=C(C=C)CN(S)CC1. The average molecular weight is 167 g/mol. The second-order valence-corrected chi connectivity index (χ2v) is 3.16. The van der Waals surface area contributed by atoms with E-state index in [0.29, 0.717) is 0 Å². The van der Waals surface area contributed by atoms with Crippen molar-refractivity contribution in [2.24, 2.45) is 0 Å². The molecule has 1 rings (SSSR count). The summed E-state index contributed by atoms with van der Waals surface area (Å²) in [6.45, 7) is 9.39. The fourth-order valence-electron chi connectivity index (χ4n) is 1.22. The first kappa shape index (κ1) is 8.62. The molecular formula is C9H13NS. The van der Waals surface area contributed by atoms with Crippen LogP contribution >= 0.6 is 12.8 Å². The Morgan fingerprint density at radius 2 is 1.91 bits per heavy atom. The van der Waals surface area contributed by atoms with Gasteiger partial charge in [0.15, 0.2) is 0 Å². The highest BCUT2D eigenvalue weighted by molar-refractivity contribution is 7.77. The fourth-order valence-corrected chi connectivity index (χ4v) is 1.47. The Morgan fingerprint density at radius 1 is 1.27 bits per heavy atom. The fraction of sp³-hybridized carbons (Fsp3) is 0.333. The van der Waals surface area contributed by atoms with Gasteiger partial charge >= 0.3 is 0 Å². The molecule has 0 spiro atoms. The van der Waals surface area contributed by atoms with Crippen molar-refractivity contribution in [2.75, 3.05) is 13.1 Å². The Labute approximate surface area is 73.6 Å². The van der Waals surface area contributed by atoms with Gasteiger partial charge in [-0.2, -0.15) is 0 Å². The zero-order valence-corrected chi connectivity index (χ0v) is 7.48. The van der Waals surface area contributed by atoms with Crippen LogP contribution in [-0.4, -0.2) is 17.4 Å². The lowest BCUT2D eigenvalue weighted by Crippen LogP contribution is -2.22. The van der Waals surface area contributed by atoms with Crippen LogP contribution < -0.4 is 0 Å². The molecule has 0 saturated heterocycles. The molecule has 0 bridgehead atoms. The van der Waals surface area contributed by atoms with Crippen molar-refractivity contribution >= 4 is 12.8 Å². The lowest BCUT2D eigenvalue weighted by atomic mass is 10.0. The molecule has 1 nitrogen and oxygen atoms in total. The molecule has 0 aromatic heterocycles. The van der Waals surface area contributed by atoms with Gasteiger partial charge in [-0.05, 0) is 17.6 Å². The molecule has 2 heteroatoms. The summed E-state index contributed by atoms with van der Waals surface area (Å²) in [6, 6.07) is 0. The van der Waals surface area contributed by atoms with E-state index in [4.69, 9.17) is 0 Å². The predicted molar refractivity (Wildman–Crippen MR) is 52.6 cm³/mol.